The monoisotopic (exact) mass is 246 g/mol. The second-order valence-corrected chi connectivity index (χ2v) is 3.87. The van der Waals surface area contributed by atoms with Crippen molar-refractivity contribution < 1.29 is 4.79 Å². The zero-order valence-corrected chi connectivity index (χ0v) is 10.00. The van der Waals surface area contributed by atoms with Gasteiger partial charge in [0.1, 0.15) is 6.33 Å². The Kier molecular flexibility index (Phi) is 3.52. The number of carbonyl (C=O) groups is 1. The molecule has 94 valence electrons. The molecule has 0 spiro atoms. The third kappa shape index (κ3) is 3.27. The molecule has 0 saturated carbocycles. The van der Waals surface area contributed by atoms with E-state index in [2.05, 4.69) is 20.4 Å². The molecular weight excluding hydrogens is 232 g/mol. The molecule has 0 radical (unpaired) electrons. The molecule has 0 saturated heterocycles. The standard InChI is InChI=1S/C11H14N6O/c1-17-7-15-10(16-17)6-14-11(18)4-9-3-2-8(12)5-13-9/h2-3,5,7H,4,6,12H2,1H3,(H,14,18). The van der Waals surface area contributed by atoms with Gasteiger partial charge in [-0.05, 0) is 12.1 Å². The van der Waals surface area contributed by atoms with E-state index >= 15 is 0 Å². The first kappa shape index (κ1) is 12.0. The van der Waals surface area contributed by atoms with Crippen LogP contribution >= 0.6 is 0 Å². The molecule has 7 heteroatoms. The van der Waals surface area contributed by atoms with E-state index in [9.17, 15) is 4.79 Å². The fraction of sp³-hybridized carbons (Fsp3) is 0.273. The Bertz CT molecular complexity index is 533. The quantitative estimate of drug-likeness (QED) is 0.768. The number of nitrogens with two attached hydrogens (primary N) is 1. The Labute approximate surface area is 104 Å². The lowest BCUT2D eigenvalue weighted by Gasteiger charge is -2.02. The third-order valence-electron chi connectivity index (χ3n) is 2.28. The number of aromatic nitrogens is 4. The zero-order valence-electron chi connectivity index (χ0n) is 10.00. The molecule has 2 aromatic rings. The SMILES string of the molecule is Cn1cnc(CNC(=O)Cc2ccc(N)cn2)n1. The number of anilines is 1. The highest BCUT2D eigenvalue weighted by Gasteiger charge is 2.06. The minimum Gasteiger partial charge on any atom is -0.397 e. The summed E-state index contributed by atoms with van der Waals surface area (Å²) in [5.41, 5.74) is 6.77. The van der Waals surface area contributed by atoms with Crippen LogP contribution in [0.25, 0.3) is 0 Å². The van der Waals surface area contributed by atoms with Crippen LogP contribution in [0.4, 0.5) is 5.69 Å². The summed E-state index contributed by atoms with van der Waals surface area (Å²) in [7, 11) is 1.77. The number of nitrogens with one attached hydrogen (secondary N) is 1. The summed E-state index contributed by atoms with van der Waals surface area (Å²) >= 11 is 0. The summed E-state index contributed by atoms with van der Waals surface area (Å²) < 4.78 is 1.59. The van der Waals surface area contributed by atoms with E-state index in [-0.39, 0.29) is 12.3 Å². The summed E-state index contributed by atoms with van der Waals surface area (Å²) in [6.07, 6.45) is 3.33. The number of nitrogens with zero attached hydrogens (tertiary/aromatic N) is 4. The second-order valence-electron chi connectivity index (χ2n) is 3.87. The van der Waals surface area contributed by atoms with Gasteiger partial charge >= 0.3 is 0 Å². The van der Waals surface area contributed by atoms with E-state index in [1.54, 1.807) is 30.2 Å². The van der Waals surface area contributed by atoms with Crippen LogP contribution in [-0.2, 0) is 24.8 Å². The summed E-state index contributed by atoms with van der Waals surface area (Å²) in [6, 6.07) is 3.45. The number of hydrogen-bond acceptors (Lipinski definition) is 5. The molecule has 0 aliphatic carbocycles. The van der Waals surface area contributed by atoms with Gasteiger partial charge in [-0.15, -0.1) is 0 Å². The molecule has 18 heavy (non-hydrogen) atoms. The fourth-order valence-corrected chi connectivity index (χ4v) is 1.41. The first-order valence-corrected chi connectivity index (χ1v) is 5.45. The van der Waals surface area contributed by atoms with Gasteiger partial charge in [0, 0.05) is 12.7 Å². The largest absolute Gasteiger partial charge is 0.397 e. The summed E-state index contributed by atoms with van der Waals surface area (Å²) in [5, 5.41) is 6.79. The fourth-order valence-electron chi connectivity index (χ4n) is 1.41. The van der Waals surface area contributed by atoms with Crippen molar-refractivity contribution in [1.82, 2.24) is 25.1 Å². The lowest BCUT2D eigenvalue weighted by atomic mass is 10.2. The molecule has 1 amide bonds. The molecule has 3 N–H and O–H groups in total. The molecule has 0 bridgehead atoms. The molecule has 0 atom stereocenters. The van der Waals surface area contributed by atoms with Crippen molar-refractivity contribution in [3.05, 3.63) is 36.2 Å². The van der Waals surface area contributed by atoms with Crippen molar-refractivity contribution in [2.24, 2.45) is 7.05 Å². The molecule has 2 rings (SSSR count). The summed E-state index contributed by atoms with van der Waals surface area (Å²) in [5.74, 6) is 0.454. The number of rotatable bonds is 4. The van der Waals surface area contributed by atoms with Crippen molar-refractivity contribution >= 4 is 11.6 Å². The van der Waals surface area contributed by atoms with Crippen molar-refractivity contribution in [2.45, 2.75) is 13.0 Å². The van der Waals surface area contributed by atoms with Gasteiger partial charge in [0.05, 0.1) is 24.8 Å². The van der Waals surface area contributed by atoms with Gasteiger partial charge in [-0.25, -0.2) is 4.98 Å². The summed E-state index contributed by atoms with van der Waals surface area (Å²) in [6.45, 7) is 0.314. The number of pyridine rings is 1. The molecule has 0 aliphatic heterocycles. The first-order chi connectivity index (χ1) is 8.63. The predicted molar refractivity (Wildman–Crippen MR) is 65.2 cm³/mol. The van der Waals surface area contributed by atoms with Crippen LogP contribution in [-0.4, -0.2) is 25.7 Å². The summed E-state index contributed by atoms with van der Waals surface area (Å²) in [4.78, 5) is 19.7. The van der Waals surface area contributed by atoms with Gasteiger partial charge < -0.3 is 11.1 Å². The normalized spacial score (nSPS) is 10.3. The van der Waals surface area contributed by atoms with Crippen molar-refractivity contribution in [3.63, 3.8) is 0 Å². The Morgan fingerprint density at radius 3 is 2.89 bits per heavy atom. The first-order valence-electron chi connectivity index (χ1n) is 5.45. The lowest BCUT2D eigenvalue weighted by molar-refractivity contribution is -0.120. The molecule has 0 aromatic carbocycles. The minimum absolute atomic E-state index is 0.125. The molecule has 2 aromatic heterocycles. The van der Waals surface area contributed by atoms with Crippen molar-refractivity contribution in [3.8, 4) is 0 Å². The smallest absolute Gasteiger partial charge is 0.226 e. The topological polar surface area (TPSA) is 98.7 Å². The molecule has 7 nitrogen and oxygen atoms in total. The van der Waals surface area contributed by atoms with E-state index in [0.29, 0.717) is 23.8 Å². The lowest BCUT2D eigenvalue weighted by Crippen LogP contribution is -2.25. The minimum atomic E-state index is -0.125. The van der Waals surface area contributed by atoms with Crippen LogP contribution < -0.4 is 11.1 Å². The maximum Gasteiger partial charge on any atom is 0.226 e. The van der Waals surface area contributed by atoms with E-state index in [4.69, 9.17) is 5.73 Å². The van der Waals surface area contributed by atoms with Crippen LogP contribution in [0, 0.1) is 0 Å². The average Bonchev–Trinajstić information content (AvgIpc) is 2.76. The highest BCUT2D eigenvalue weighted by molar-refractivity contribution is 5.78. The number of hydrogen-bond donors (Lipinski definition) is 2. The number of carbonyl (C=O) groups excluding carboxylic acids is 1. The second kappa shape index (κ2) is 5.26. The van der Waals surface area contributed by atoms with Crippen molar-refractivity contribution in [2.75, 3.05) is 5.73 Å². The van der Waals surface area contributed by atoms with Crippen LogP contribution in [0.15, 0.2) is 24.7 Å². The highest BCUT2D eigenvalue weighted by atomic mass is 16.1. The van der Waals surface area contributed by atoms with Crippen LogP contribution in [0.1, 0.15) is 11.5 Å². The van der Waals surface area contributed by atoms with E-state index in [1.165, 1.54) is 6.20 Å². The molecule has 0 fully saturated rings. The highest BCUT2D eigenvalue weighted by Crippen LogP contribution is 2.01. The van der Waals surface area contributed by atoms with Crippen LogP contribution in [0.5, 0.6) is 0 Å². The van der Waals surface area contributed by atoms with Gasteiger partial charge in [0.15, 0.2) is 5.82 Å². The van der Waals surface area contributed by atoms with Gasteiger partial charge in [0.2, 0.25) is 5.91 Å². The van der Waals surface area contributed by atoms with Gasteiger partial charge in [-0.1, -0.05) is 0 Å². The molecular formula is C11H14N6O. The molecule has 0 aliphatic rings. The van der Waals surface area contributed by atoms with Crippen LogP contribution in [0.3, 0.4) is 0 Å². The maximum atomic E-state index is 11.6. The number of amides is 1. The van der Waals surface area contributed by atoms with E-state index in [0.717, 1.165) is 0 Å². The van der Waals surface area contributed by atoms with Crippen LogP contribution in [0.2, 0.25) is 0 Å². The Morgan fingerprint density at radius 2 is 2.28 bits per heavy atom. The zero-order chi connectivity index (χ0) is 13.0. The number of aryl methyl sites for hydroxylation is 1. The third-order valence-corrected chi connectivity index (χ3v) is 2.28. The maximum absolute atomic E-state index is 11.6. The van der Waals surface area contributed by atoms with Gasteiger partial charge in [-0.2, -0.15) is 5.10 Å². The molecule has 0 unspecified atom stereocenters. The van der Waals surface area contributed by atoms with E-state index in [1.807, 2.05) is 0 Å². The average molecular weight is 246 g/mol. The van der Waals surface area contributed by atoms with Crippen molar-refractivity contribution in [1.29, 1.82) is 0 Å². The number of nitrogen functional groups attached to an aromatic ring is 1. The van der Waals surface area contributed by atoms with Gasteiger partial charge in [-0.3, -0.25) is 14.5 Å². The van der Waals surface area contributed by atoms with Gasteiger partial charge in [0.25, 0.3) is 0 Å². The Hall–Kier alpha value is -2.44. The predicted octanol–water partition coefficient (Wildman–Crippen LogP) is -0.349. The molecule has 2 heterocycles. The van der Waals surface area contributed by atoms with E-state index < -0.39 is 0 Å². The Morgan fingerprint density at radius 1 is 1.44 bits per heavy atom. The Balaban J connectivity index is 1.83.